The molecule has 0 saturated carbocycles. The Morgan fingerprint density at radius 2 is 1.71 bits per heavy atom. The first-order valence-electron chi connectivity index (χ1n) is 5.45. The van der Waals surface area contributed by atoms with Gasteiger partial charge in [-0.2, -0.15) is 0 Å². The molecule has 0 aliphatic rings. The van der Waals surface area contributed by atoms with Crippen molar-refractivity contribution in [2.24, 2.45) is 0 Å². The molecule has 0 N–H and O–H groups in total. The normalized spacial score (nSPS) is 10.9. The molecule has 0 aromatic heterocycles. The molecule has 2 heteroatoms. The predicted octanol–water partition coefficient (Wildman–Crippen LogP) is 3.84. The van der Waals surface area contributed by atoms with Crippen LogP contribution in [0.3, 0.4) is 0 Å². The second-order valence-electron chi connectivity index (χ2n) is 3.39. The van der Waals surface area contributed by atoms with Gasteiger partial charge in [0.15, 0.2) is 0 Å². The van der Waals surface area contributed by atoms with E-state index in [1.807, 2.05) is 56.4 Å². The summed E-state index contributed by atoms with van der Waals surface area (Å²) in [6, 6.07) is 5.73. The van der Waals surface area contributed by atoms with Crippen molar-refractivity contribution in [1.82, 2.24) is 0 Å². The molecule has 2 nitrogen and oxygen atoms in total. The summed E-state index contributed by atoms with van der Waals surface area (Å²) in [5.74, 6) is 0.112. The third-order valence-corrected chi connectivity index (χ3v) is 2.14. The number of benzene rings is 1. The number of hydrogen-bond acceptors (Lipinski definition) is 2. The molecule has 88 valence electrons. The Morgan fingerprint density at radius 3 is 2.12 bits per heavy atom. The van der Waals surface area contributed by atoms with Crippen molar-refractivity contribution in [3.05, 3.63) is 54.1 Å². The second-order valence-corrected chi connectivity index (χ2v) is 3.39. The Bertz CT molecular complexity index is 438. The van der Waals surface area contributed by atoms with Crippen molar-refractivity contribution in [1.29, 1.82) is 0 Å². The van der Waals surface area contributed by atoms with E-state index < -0.39 is 5.97 Å². The maximum Gasteiger partial charge on any atom is 0.335 e. The maximum atomic E-state index is 11.3. The number of ether oxygens (including phenoxy) is 1. The lowest BCUT2D eigenvalue weighted by atomic mass is 10.1. The Kier molecular flexibility index (Phi) is 4.95. The lowest BCUT2D eigenvalue weighted by Crippen LogP contribution is -2.05. The van der Waals surface area contributed by atoms with E-state index in [2.05, 4.69) is 6.58 Å². The Balaban J connectivity index is 3.27. The van der Waals surface area contributed by atoms with Crippen molar-refractivity contribution in [2.75, 3.05) is 0 Å². The zero-order valence-electron chi connectivity index (χ0n) is 10.1. The number of rotatable bonds is 4. The maximum absolute atomic E-state index is 11.3. The Labute approximate surface area is 102 Å². The summed E-state index contributed by atoms with van der Waals surface area (Å²) >= 11 is 0. The first-order chi connectivity index (χ1) is 8.22. The fraction of sp³-hybridized carbons (Fsp3) is 0.133. The van der Waals surface area contributed by atoms with Crippen LogP contribution in [0.15, 0.2) is 43.0 Å². The summed E-state index contributed by atoms with van der Waals surface area (Å²) in [4.78, 5) is 11.3. The van der Waals surface area contributed by atoms with Gasteiger partial charge < -0.3 is 4.74 Å². The van der Waals surface area contributed by atoms with Crippen molar-refractivity contribution in [2.45, 2.75) is 13.8 Å². The fourth-order valence-electron chi connectivity index (χ4n) is 1.46. The van der Waals surface area contributed by atoms with Gasteiger partial charge in [-0.05, 0) is 13.8 Å². The van der Waals surface area contributed by atoms with Gasteiger partial charge in [-0.15, -0.1) is 0 Å². The average Bonchev–Trinajstić information content (AvgIpc) is 2.33. The molecule has 0 atom stereocenters. The highest BCUT2D eigenvalue weighted by atomic mass is 16.5. The van der Waals surface area contributed by atoms with Crippen LogP contribution >= 0.6 is 0 Å². The largest absolute Gasteiger partial charge is 0.422 e. The zero-order valence-corrected chi connectivity index (χ0v) is 10.1. The van der Waals surface area contributed by atoms with Gasteiger partial charge in [0, 0.05) is 17.2 Å². The molecule has 0 amide bonds. The number of carbonyl (C=O) groups excluding carboxylic acids is 1. The SMILES string of the molecule is C=CC(=O)Oc1c(/C=C\C)cccc1/C=C\C. The van der Waals surface area contributed by atoms with Crippen LogP contribution in [-0.4, -0.2) is 5.97 Å². The smallest absolute Gasteiger partial charge is 0.335 e. The van der Waals surface area contributed by atoms with Crippen LogP contribution in [0.5, 0.6) is 5.75 Å². The standard InChI is InChI=1S/C15H16O2/c1-4-8-12-10-7-11-13(9-5-2)15(12)17-14(16)6-3/h4-11H,3H2,1-2H3/b8-4-,9-5-. The van der Waals surface area contributed by atoms with Crippen LogP contribution < -0.4 is 4.74 Å². The van der Waals surface area contributed by atoms with E-state index in [0.29, 0.717) is 5.75 Å². The molecule has 0 fully saturated rings. The molecule has 0 aliphatic carbocycles. The van der Waals surface area contributed by atoms with Crippen molar-refractivity contribution < 1.29 is 9.53 Å². The molecule has 0 radical (unpaired) electrons. The van der Waals surface area contributed by atoms with Crippen molar-refractivity contribution in [3.8, 4) is 5.75 Å². The molecule has 1 aromatic carbocycles. The van der Waals surface area contributed by atoms with Gasteiger partial charge in [-0.25, -0.2) is 4.79 Å². The van der Waals surface area contributed by atoms with Crippen LogP contribution in [0.1, 0.15) is 25.0 Å². The first-order valence-corrected chi connectivity index (χ1v) is 5.45. The third kappa shape index (κ3) is 3.45. The van der Waals surface area contributed by atoms with E-state index in [0.717, 1.165) is 17.2 Å². The number of carbonyl (C=O) groups is 1. The highest BCUT2D eigenvalue weighted by Gasteiger charge is 2.08. The molecular weight excluding hydrogens is 212 g/mol. The number of para-hydroxylation sites is 1. The second kappa shape index (κ2) is 6.48. The highest BCUT2D eigenvalue weighted by Crippen LogP contribution is 2.27. The van der Waals surface area contributed by atoms with E-state index in [1.54, 1.807) is 0 Å². The van der Waals surface area contributed by atoms with Crippen LogP contribution in [0.2, 0.25) is 0 Å². The average molecular weight is 228 g/mol. The molecule has 0 heterocycles. The summed E-state index contributed by atoms with van der Waals surface area (Å²) in [5.41, 5.74) is 1.75. The Hall–Kier alpha value is -2.09. The summed E-state index contributed by atoms with van der Waals surface area (Å²) in [6.45, 7) is 7.23. The quantitative estimate of drug-likeness (QED) is 0.444. The van der Waals surface area contributed by atoms with E-state index in [4.69, 9.17) is 4.74 Å². The molecule has 0 bridgehead atoms. The zero-order chi connectivity index (χ0) is 12.7. The molecule has 1 rings (SSSR count). The monoisotopic (exact) mass is 228 g/mol. The summed E-state index contributed by atoms with van der Waals surface area (Å²) in [7, 11) is 0. The van der Waals surface area contributed by atoms with Gasteiger partial charge in [0.25, 0.3) is 0 Å². The highest BCUT2D eigenvalue weighted by molar-refractivity contribution is 5.85. The molecular formula is C15H16O2. The summed E-state index contributed by atoms with van der Waals surface area (Å²) in [6.07, 6.45) is 8.77. The lowest BCUT2D eigenvalue weighted by Gasteiger charge is -2.09. The van der Waals surface area contributed by atoms with Crippen molar-refractivity contribution >= 4 is 18.1 Å². The summed E-state index contributed by atoms with van der Waals surface area (Å²) in [5, 5.41) is 0. The minimum atomic E-state index is -0.451. The van der Waals surface area contributed by atoms with E-state index in [-0.39, 0.29) is 0 Å². The third-order valence-electron chi connectivity index (χ3n) is 2.14. The predicted molar refractivity (Wildman–Crippen MR) is 71.7 cm³/mol. The van der Waals surface area contributed by atoms with Crippen LogP contribution in [0.25, 0.3) is 12.2 Å². The fourth-order valence-corrected chi connectivity index (χ4v) is 1.46. The van der Waals surface area contributed by atoms with Gasteiger partial charge in [-0.1, -0.05) is 49.1 Å². The van der Waals surface area contributed by atoms with Gasteiger partial charge in [0.05, 0.1) is 0 Å². The molecule has 1 aromatic rings. The van der Waals surface area contributed by atoms with E-state index >= 15 is 0 Å². The van der Waals surface area contributed by atoms with E-state index in [1.165, 1.54) is 0 Å². The number of allylic oxidation sites excluding steroid dienone is 2. The van der Waals surface area contributed by atoms with Gasteiger partial charge in [0.2, 0.25) is 0 Å². The topological polar surface area (TPSA) is 26.3 Å². The van der Waals surface area contributed by atoms with Crippen molar-refractivity contribution in [3.63, 3.8) is 0 Å². The molecule has 0 aliphatic heterocycles. The number of hydrogen-bond donors (Lipinski definition) is 0. The van der Waals surface area contributed by atoms with Gasteiger partial charge >= 0.3 is 5.97 Å². The van der Waals surface area contributed by atoms with Gasteiger partial charge in [-0.3, -0.25) is 0 Å². The lowest BCUT2D eigenvalue weighted by molar-refractivity contribution is -0.128. The summed E-state index contributed by atoms with van der Waals surface area (Å²) < 4.78 is 5.27. The minimum absolute atomic E-state index is 0.451. The molecule has 0 spiro atoms. The molecule has 0 saturated heterocycles. The molecule has 0 unspecified atom stereocenters. The van der Waals surface area contributed by atoms with Gasteiger partial charge in [0.1, 0.15) is 5.75 Å². The Morgan fingerprint density at radius 1 is 1.18 bits per heavy atom. The van der Waals surface area contributed by atoms with Crippen LogP contribution in [0, 0.1) is 0 Å². The van der Waals surface area contributed by atoms with Crippen LogP contribution in [-0.2, 0) is 4.79 Å². The minimum Gasteiger partial charge on any atom is -0.422 e. The first kappa shape index (κ1) is 13.0. The van der Waals surface area contributed by atoms with Crippen LogP contribution in [0.4, 0.5) is 0 Å². The number of esters is 1. The van der Waals surface area contributed by atoms with E-state index in [9.17, 15) is 4.79 Å². The molecule has 17 heavy (non-hydrogen) atoms.